The van der Waals surface area contributed by atoms with E-state index in [1.54, 1.807) is 20.2 Å². The van der Waals surface area contributed by atoms with Crippen LogP contribution in [0.3, 0.4) is 0 Å². The Labute approximate surface area is 61.3 Å². The van der Waals surface area contributed by atoms with Gasteiger partial charge in [-0.05, 0) is 6.92 Å². The Balaban J connectivity index is 3.40. The van der Waals surface area contributed by atoms with Gasteiger partial charge in [-0.25, -0.2) is 4.79 Å². The fourth-order valence-corrected chi connectivity index (χ4v) is 0.345. The largest absolute Gasteiger partial charge is 0.445 e. The lowest BCUT2D eigenvalue weighted by Gasteiger charge is -2.08. The highest BCUT2D eigenvalue weighted by Crippen LogP contribution is 1.85. The Morgan fingerprint density at radius 2 is 2.20 bits per heavy atom. The molecule has 0 atom stereocenters. The van der Waals surface area contributed by atoms with Crippen molar-refractivity contribution < 1.29 is 9.53 Å². The second kappa shape index (κ2) is 4.85. The van der Waals surface area contributed by atoms with E-state index in [0.29, 0.717) is 6.61 Å². The molecule has 0 radical (unpaired) electrons. The van der Waals surface area contributed by atoms with Gasteiger partial charge in [0, 0.05) is 14.1 Å². The molecule has 0 rings (SSSR count). The Bertz CT molecular complexity index is 130. The van der Waals surface area contributed by atoms with Crippen LogP contribution in [0, 0.1) is 0 Å². The Morgan fingerprint density at radius 1 is 1.60 bits per heavy atom. The molecule has 0 aromatic heterocycles. The highest BCUT2D eigenvalue weighted by atomic mass is 16.5. The SMILES string of the molecule is CC=CCOC(=O)N(C)C. The monoisotopic (exact) mass is 143 g/mol. The topological polar surface area (TPSA) is 29.5 Å². The van der Waals surface area contributed by atoms with E-state index in [2.05, 4.69) is 0 Å². The van der Waals surface area contributed by atoms with Crippen molar-refractivity contribution in [2.75, 3.05) is 20.7 Å². The molecule has 3 nitrogen and oxygen atoms in total. The van der Waals surface area contributed by atoms with Crippen molar-refractivity contribution in [2.45, 2.75) is 6.92 Å². The van der Waals surface area contributed by atoms with E-state index in [-0.39, 0.29) is 6.09 Å². The first-order chi connectivity index (χ1) is 4.68. The molecule has 0 aliphatic rings. The van der Waals surface area contributed by atoms with Gasteiger partial charge in [0.2, 0.25) is 0 Å². The van der Waals surface area contributed by atoms with E-state index in [1.165, 1.54) is 4.90 Å². The minimum absolute atomic E-state index is 0.307. The van der Waals surface area contributed by atoms with Gasteiger partial charge >= 0.3 is 6.09 Å². The average molecular weight is 143 g/mol. The van der Waals surface area contributed by atoms with Gasteiger partial charge in [-0.2, -0.15) is 0 Å². The van der Waals surface area contributed by atoms with E-state index in [0.717, 1.165) is 0 Å². The number of rotatable bonds is 2. The van der Waals surface area contributed by atoms with Crippen LogP contribution in [0.5, 0.6) is 0 Å². The van der Waals surface area contributed by atoms with Crippen LogP contribution in [0.15, 0.2) is 12.2 Å². The molecule has 3 heteroatoms. The molecule has 0 bridgehead atoms. The summed E-state index contributed by atoms with van der Waals surface area (Å²) in [5.74, 6) is 0. The van der Waals surface area contributed by atoms with Crippen LogP contribution >= 0.6 is 0 Å². The van der Waals surface area contributed by atoms with Gasteiger partial charge in [0.25, 0.3) is 0 Å². The lowest BCUT2D eigenvalue weighted by molar-refractivity contribution is 0.129. The summed E-state index contributed by atoms with van der Waals surface area (Å²) in [6, 6.07) is 0. The van der Waals surface area contributed by atoms with Crippen molar-refractivity contribution in [1.29, 1.82) is 0 Å². The fraction of sp³-hybridized carbons (Fsp3) is 0.571. The van der Waals surface area contributed by atoms with Gasteiger partial charge in [-0.1, -0.05) is 12.2 Å². The van der Waals surface area contributed by atoms with E-state index in [4.69, 9.17) is 4.74 Å². The molecule has 0 N–H and O–H groups in total. The van der Waals surface area contributed by atoms with Crippen LogP contribution in [-0.2, 0) is 4.74 Å². The first kappa shape index (κ1) is 9.01. The number of allylic oxidation sites excluding steroid dienone is 1. The molecule has 0 heterocycles. The minimum atomic E-state index is -0.307. The fourth-order valence-electron chi connectivity index (χ4n) is 0.345. The molecule has 0 saturated heterocycles. The third-order valence-electron chi connectivity index (χ3n) is 0.904. The number of ether oxygens (including phenoxy) is 1. The second-order valence-electron chi connectivity index (χ2n) is 2.04. The number of amides is 1. The zero-order valence-corrected chi connectivity index (χ0v) is 6.63. The normalized spacial score (nSPS) is 9.90. The van der Waals surface area contributed by atoms with Crippen molar-refractivity contribution in [3.05, 3.63) is 12.2 Å². The van der Waals surface area contributed by atoms with Crippen LogP contribution in [0.1, 0.15) is 6.92 Å². The van der Waals surface area contributed by atoms with Gasteiger partial charge in [-0.15, -0.1) is 0 Å². The summed E-state index contributed by atoms with van der Waals surface area (Å²) in [4.78, 5) is 12.1. The first-order valence-electron chi connectivity index (χ1n) is 3.13. The molecule has 10 heavy (non-hydrogen) atoms. The average Bonchev–Trinajstić information content (AvgIpc) is 1.88. The smallest absolute Gasteiger partial charge is 0.409 e. The first-order valence-corrected chi connectivity index (χ1v) is 3.13. The van der Waals surface area contributed by atoms with E-state index in [1.807, 2.05) is 13.0 Å². The maximum atomic E-state index is 10.7. The van der Waals surface area contributed by atoms with Crippen LogP contribution in [-0.4, -0.2) is 31.7 Å². The third kappa shape index (κ3) is 3.95. The van der Waals surface area contributed by atoms with E-state index < -0.39 is 0 Å². The maximum Gasteiger partial charge on any atom is 0.409 e. The Morgan fingerprint density at radius 3 is 2.60 bits per heavy atom. The molecule has 0 spiro atoms. The molecule has 0 aromatic carbocycles. The lowest BCUT2D eigenvalue weighted by atomic mass is 10.6. The van der Waals surface area contributed by atoms with E-state index in [9.17, 15) is 4.79 Å². The van der Waals surface area contributed by atoms with Crippen LogP contribution in [0.4, 0.5) is 4.79 Å². The molecule has 0 aliphatic carbocycles. The molecule has 0 fully saturated rings. The predicted octanol–water partition coefficient (Wildman–Crippen LogP) is 1.26. The highest BCUT2D eigenvalue weighted by molar-refractivity contribution is 5.66. The van der Waals surface area contributed by atoms with Gasteiger partial charge in [-0.3, -0.25) is 0 Å². The standard InChI is InChI=1S/C7H13NO2/c1-4-5-6-10-7(9)8(2)3/h4-5H,6H2,1-3H3. The number of hydrogen-bond acceptors (Lipinski definition) is 2. The maximum absolute atomic E-state index is 10.7. The van der Waals surface area contributed by atoms with Crippen molar-refractivity contribution in [3.8, 4) is 0 Å². The van der Waals surface area contributed by atoms with Crippen LogP contribution in [0.2, 0.25) is 0 Å². The number of carbonyl (C=O) groups is 1. The lowest BCUT2D eigenvalue weighted by Crippen LogP contribution is -2.22. The zero-order valence-electron chi connectivity index (χ0n) is 6.63. The minimum Gasteiger partial charge on any atom is -0.445 e. The number of hydrogen-bond donors (Lipinski definition) is 0. The summed E-state index contributed by atoms with van der Waals surface area (Å²) in [6.07, 6.45) is 3.31. The Hall–Kier alpha value is -0.990. The van der Waals surface area contributed by atoms with Gasteiger partial charge in [0.15, 0.2) is 0 Å². The highest BCUT2D eigenvalue weighted by Gasteiger charge is 2.00. The number of nitrogens with zero attached hydrogens (tertiary/aromatic N) is 1. The number of carbonyl (C=O) groups excluding carboxylic acids is 1. The quantitative estimate of drug-likeness (QED) is 0.544. The van der Waals surface area contributed by atoms with Crippen LogP contribution in [0.25, 0.3) is 0 Å². The van der Waals surface area contributed by atoms with Crippen LogP contribution < -0.4 is 0 Å². The predicted molar refractivity (Wildman–Crippen MR) is 39.8 cm³/mol. The molecule has 58 valence electrons. The zero-order chi connectivity index (χ0) is 7.98. The van der Waals surface area contributed by atoms with Gasteiger partial charge in [0.05, 0.1) is 0 Å². The molecular weight excluding hydrogens is 130 g/mol. The van der Waals surface area contributed by atoms with Crippen molar-refractivity contribution in [2.24, 2.45) is 0 Å². The van der Waals surface area contributed by atoms with Gasteiger partial charge in [0.1, 0.15) is 6.61 Å². The third-order valence-corrected chi connectivity index (χ3v) is 0.904. The summed E-state index contributed by atoms with van der Waals surface area (Å²) < 4.78 is 4.74. The molecule has 0 saturated carbocycles. The molecule has 0 aliphatic heterocycles. The van der Waals surface area contributed by atoms with Crippen molar-refractivity contribution in [1.82, 2.24) is 4.90 Å². The summed E-state index contributed by atoms with van der Waals surface area (Å²) in [5, 5.41) is 0. The molecule has 0 aromatic rings. The van der Waals surface area contributed by atoms with E-state index >= 15 is 0 Å². The second-order valence-corrected chi connectivity index (χ2v) is 2.04. The molecule has 1 amide bonds. The molecular formula is C7H13NO2. The summed E-state index contributed by atoms with van der Waals surface area (Å²) in [6.45, 7) is 2.23. The summed E-state index contributed by atoms with van der Waals surface area (Å²) in [5.41, 5.74) is 0. The van der Waals surface area contributed by atoms with Crippen molar-refractivity contribution >= 4 is 6.09 Å². The van der Waals surface area contributed by atoms with Crippen molar-refractivity contribution in [3.63, 3.8) is 0 Å². The summed E-state index contributed by atoms with van der Waals surface area (Å²) in [7, 11) is 3.30. The molecule has 0 unspecified atom stereocenters. The Kier molecular flexibility index (Phi) is 4.37. The summed E-state index contributed by atoms with van der Waals surface area (Å²) >= 11 is 0. The van der Waals surface area contributed by atoms with Gasteiger partial charge < -0.3 is 9.64 Å².